The highest BCUT2D eigenvalue weighted by atomic mass is 35.6. The van der Waals surface area contributed by atoms with E-state index in [1.165, 1.54) is 0 Å². The van der Waals surface area contributed by atoms with E-state index in [1.807, 2.05) is 0 Å². The molecule has 0 fully saturated rings. The molecule has 0 aliphatic carbocycles. The first-order valence-corrected chi connectivity index (χ1v) is 9.04. The average Bonchev–Trinajstić information content (AvgIpc) is 3.04. The zero-order valence-electron chi connectivity index (χ0n) is 12.8. The molecule has 3 rings (SSSR count). The highest BCUT2D eigenvalue weighted by Crippen LogP contribution is 2.33. The van der Waals surface area contributed by atoms with Crippen molar-refractivity contribution < 1.29 is 9.32 Å². The Labute approximate surface area is 173 Å². The monoisotopic (exact) mass is 448 g/mol. The minimum absolute atomic E-state index is 0.446. The van der Waals surface area contributed by atoms with Crippen molar-refractivity contribution >= 4 is 69.6 Å². The molecule has 134 valence electrons. The number of carbonyl (C=O) groups excluding carboxylic acids is 1. The van der Waals surface area contributed by atoms with Crippen LogP contribution in [-0.4, -0.2) is 14.9 Å². The van der Waals surface area contributed by atoms with E-state index in [4.69, 9.17) is 62.5 Å². The molecule has 0 radical (unpaired) electrons. The first-order chi connectivity index (χ1) is 12.2. The van der Waals surface area contributed by atoms with Crippen LogP contribution in [0, 0.1) is 0 Å². The Bertz CT molecular complexity index is 966. The lowest BCUT2D eigenvalue weighted by Gasteiger charge is -2.11. The van der Waals surface area contributed by atoms with Crippen molar-refractivity contribution in [3.8, 4) is 22.6 Å². The lowest BCUT2D eigenvalue weighted by Crippen LogP contribution is -2.26. The molecular formula is C17H9Cl5N2O2. The van der Waals surface area contributed by atoms with Crippen molar-refractivity contribution in [3.05, 3.63) is 58.6 Å². The Balaban J connectivity index is 1.88. The number of halogens is 5. The summed E-state index contributed by atoms with van der Waals surface area (Å²) in [6, 6.07) is 13.7. The zero-order valence-corrected chi connectivity index (χ0v) is 16.6. The molecule has 0 bridgehead atoms. The third-order valence-corrected chi connectivity index (χ3v) is 4.44. The van der Waals surface area contributed by atoms with Gasteiger partial charge in [-0.05, 0) is 30.3 Å². The molecule has 1 aromatic heterocycles. The number of alkyl halides is 3. The van der Waals surface area contributed by atoms with E-state index in [0.29, 0.717) is 38.3 Å². The van der Waals surface area contributed by atoms with E-state index in [0.717, 1.165) is 0 Å². The van der Waals surface area contributed by atoms with Crippen LogP contribution in [0.1, 0.15) is 0 Å². The molecule has 0 atom stereocenters. The Hall–Kier alpha value is -1.43. The molecule has 1 amide bonds. The standard InChI is InChI=1S/C17H9Cl5N2O2/c18-10-4-5-12(13(19)7-10)14-8-15(26-24-14)9-2-1-3-11(6-9)23-16(25)17(20,21)22/h1-8H,(H,23,25). The predicted octanol–water partition coefficient (Wildman–Crippen LogP) is 6.62. The van der Waals surface area contributed by atoms with Crippen LogP contribution >= 0.6 is 58.0 Å². The number of carbonyl (C=O) groups is 1. The average molecular weight is 451 g/mol. The first kappa shape index (κ1) is 19.3. The molecule has 1 heterocycles. The summed E-state index contributed by atoms with van der Waals surface area (Å²) in [5, 5.41) is 7.53. The maximum absolute atomic E-state index is 11.8. The summed E-state index contributed by atoms with van der Waals surface area (Å²) in [6.07, 6.45) is 0. The number of nitrogens with one attached hydrogen (secondary N) is 1. The highest BCUT2D eigenvalue weighted by molar-refractivity contribution is 6.76. The summed E-state index contributed by atoms with van der Waals surface area (Å²) < 4.78 is 3.33. The second-order valence-electron chi connectivity index (χ2n) is 5.23. The SMILES string of the molecule is O=C(Nc1cccc(-c2cc(-c3ccc(Cl)cc3Cl)no2)c1)C(Cl)(Cl)Cl. The molecule has 0 spiro atoms. The molecule has 1 N–H and O–H groups in total. The van der Waals surface area contributed by atoms with Crippen molar-refractivity contribution in [2.45, 2.75) is 3.79 Å². The van der Waals surface area contributed by atoms with Crippen LogP contribution in [0.2, 0.25) is 10.0 Å². The van der Waals surface area contributed by atoms with Crippen LogP contribution in [0.4, 0.5) is 5.69 Å². The van der Waals surface area contributed by atoms with E-state index >= 15 is 0 Å². The van der Waals surface area contributed by atoms with Crippen molar-refractivity contribution in [1.29, 1.82) is 0 Å². The van der Waals surface area contributed by atoms with Crippen LogP contribution in [0.25, 0.3) is 22.6 Å². The van der Waals surface area contributed by atoms with E-state index in [-0.39, 0.29) is 0 Å². The highest BCUT2D eigenvalue weighted by Gasteiger charge is 2.30. The molecule has 0 unspecified atom stereocenters. The summed E-state index contributed by atoms with van der Waals surface area (Å²) >= 11 is 28.8. The van der Waals surface area contributed by atoms with Gasteiger partial charge in [-0.1, -0.05) is 75.3 Å². The fraction of sp³-hybridized carbons (Fsp3) is 0.0588. The Kier molecular flexibility index (Phi) is 5.70. The summed E-state index contributed by atoms with van der Waals surface area (Å²) in [5.74, 6) is -0.276. The maximum Gasteiger partial charge on any atom is 0.276 e. The van der Waals surface area contributed by atoms with E-state index < -0.39 is 9.70 Å². The topological polar surface area (TPSA) is 55.1 Å². The fourth-order valence-corrected chi connectivity index (χ4v) is 2.83. The van der Waals surface area contributed by atoms with Crippen LogP contribution in [-0.2, 0) is 4.79 Å². The first-order valence-electron chi connectivity index (χ1n) is 7.15. The van der Waals surface area contributed by atoms with Gasteiger partial charge in [-0.15, -0.1) is 0 Å². The van der Waals surface area contributed by atoms with Gasteiger partial charge >= 0.3 is 0 Å². The summed E-state index contributed by atoms with van der Waals surface area (Å²) in [7, 11) is 0. The van der Waals surface area contributed by atoms with Gasteiger partial charge in [-0.2, -0.15) is 0 Å². The third-order valence-electron chi connectivity index (χ3n) is 3.38. The number of hydrogen-bond donors (Lipinski definition) is 1. The van der Waals surface area contributed by atoms with Gasteiger partial charge in [-0.3, -0.25) is 4.79 Å². The zero-order chi connectivity index (χ0) is 18.9. The van der Waals surface area contributed by atoms with Crippen LogP contribution in [0.5, 0.6) is 0 Å². The summed E-state index contributed by atoms with van der Waals surface area (Å²) in [5.41, 5.74) is 2.36. The lowest BCUT2D eigenvalue weighted by atomic mass is 10.1. The quantitative estimate of drug-likeness (QED) is 0.456. The van der Waals surface area contributed by atoms with Gasteiger partial charge < -0.3 is 9.84 Å². The van der Waals surface area contributed by atoms with Gasteiger partial charge in [-0.25, -0.2) is 0 Å². The van der Waals surface area contributed by atoms with Crippen LogP contribution < -0.4 is 5.32 Å². The number of benzene rings is 2. The second kappa shape index (κ2) is 7.67. The molecule has 0 aliphatic rings. The smallest absolute Gasteiger partial charge is 0.276 e. The number of nitrogens with zero attached hydrogens (tertiary/aromatic N) is 1. The fourth-order valence-electron chi connectivity index (χ4n) is 2.19. The van der Waals surface area contributed by atoms with Crippen LogP contribution in [0.3, 0.4) is 0 Å². The van der Waals surface area contributed by atoms with Gasteiger partial charge in [0.15, 0.2) is 5.76 Å². The normalized spacial score (nSPS) is 11.4. The maximum atomic E-state index is 11.8. The number of anilines is 1. The van der Waals surface area contributed by atoms with Gasteiger partial charge in [0.2, 0.25) is 0 Å². The van der Waals surface area contributed by atoms with Gasteiger partial charge in [0, 0.05) is 27.9 Å². The largest absolute Gasteiger partial charge is 0.356 e. The Morgan fingerprint density at radius 1 is 1.04 bits per heavy atom. The lowest BCUT2D eigenvalue weighted by molar-refractivity contribution is -0.115. The number of amides is 1. The summed E-state index contributed by atoms with van der Waals surface area (Å²) in [6.45, 7) is 0. The molecule has 0 saturated carbocycles. The Morgan fingerprint density at radius 2 is 1.81 bits per heavy atom. The predicted molar refractivity (Wildman–Crippen MR) is 106 cm³/mol. The molecule has 0 saturated heterocycles. The minimum Gasteiger partial charge on any atom is -0.356 e. The number of hydrogen-bond acceptors (Lipinski definition) is 3. The Morgan fingerprint density at radius 3 is 2.50 bits per heavy atom. The number of rotatable bonds is 3. The second-order valence-corrected chi connectivity index (χ2v) is 8.36. The van der Waals surface area contributed by atoms with Crippen LogP contribution in [0.15, 0.2) is 53.1 Å². The van der Waals surface area contributed by atoms with Crippen molar-refractivity contribution in [1.82, 2.24) is 5.16 Å². The van der Waals surface area contributed by atoms with E-state index in [9.17, 15) is 4.79 Å². The summed E-state index contributed by atoms with van der Waals surface area (Å²) in [4.78, 5) is 11.8. The molecular weight excluding hydrogens is 441 g/mol. The van der Waals surface area contributed by atoms with E-state index in [1.54, 1.807) is 48.5 Å². The van der Waals surface area contributed by atoms with Gasteiger partial charge in [0.1, 0.15) is 5.69 Å². The van der Waals surface area contributed by atoms with Crippen molar-refractivity contribution in [2.24, 2.45) is 0 Å². The molecule has 0 aliphatic heterocycles. The van der Waals surface area contributed by atoms with Crippen molar-refractivity contribution in [2.75, 3.05) is 5.32 Å². The van der Waals surface area contributed by atoms with Gasteiger partial charge in [0.05, 0.1) is 5.02 Å². The van der Waals surface area contributed by atoms with Crippen molar-refractivity contribution in [3.63, 3.8) is 0 Å². The molecule has 3 aromatic rings. The molecule has 26 heavy (non-hydrogen) atoms. The molecule has 4 nitrogen and oxygen atoms in total. The molecule has 9 heteroatoms. The van der Waals surface area contributed by atoms with Gasteiger partial charge in [0.25, 0.3) is 9.70 Å². The molecule has 2 aromatic carbocycles. The minimum atomic E-state index is -2.05. The third kappa shape index (κ3) is 4.45. The number of aromatic nitrogens is 1. The van der Waals surface area contributed by atoms with E-state index in [2.05, 4.69) is 10.5 Å².